The normalized spacial score (nSPS) is 11.1. The monoisotopic (exact) mass is 406 g/mol. The summed E-state index contributed by atoms with van der Waals surface area (Å²) in [6.45, 7) is 9.98. The third kappa shape index (κ3) is 10.5. The highest BCUT2D eigenvalue weighted by Gasteiger charge is 1.98. The number of nitrogens with zero attached hydrogens (tertiary/aromatic N) is 2. The van der Waals surface area contributed by atoms with Crippen molar-refractivity contribution in [1.29, 1.82) is 0 Å². The molecular weight excluding hydrogens is 379 g/mol. The van der Waals surface area contributed by atoms with E-state index in [1.54, 1.807) is 6.20 Å². The van der Waals surface area contributed by atoms with Crippen LogP contribution in [0.25, 0.3) is 0 Å². The van der Waals surface area contributed by atoms with E-state index in [4.69, 9.17) is 4.74 Å². The molecule has 0 spiro atoms. The van der Waals surface area contributed by atoms with Crippen molar-refractivity contribution in [2.75, 3.05) is 26.3 Å². The van der Waals surface area contributed by atoms with E-state index in [2.05, 4.69) is 34.5 Å². The molecule has 0 radical (unpaired) electrons. The number of ether oxygens (including phenoxy) is 1. The molecule has 21 heavy (non-hydrogen) atoms. The Morgan fingerprint density at radius 2 is 2.14 bits per heavy atom. The topological polar surface area (TPSA) is 58.5 Å². The molecule has 0 aliphatic heterocycles. The van der Waals surface area contributed by atoms with E-state index in [1.165, 1.54) is 0 Å². The number of aromatic nitrogens is 1. The van der Waals surface area contributed by atoms with Gasteiger partial charge in [0.05, 0.1) is 18.8 Å². The van der Waals surface area contributed by atoms with Gasteiger partial charge in [-0.25, -0.2) is 4.99 Å². The highest BCUT2D eigenvalue weighted by atomic mass is 127. The van der Waals surface area contributed by atoms with Crippen LogP contribution < -0.4 is 10.6 Å². The van der Waals surface area contributed by atoms with Crippen LogP contribution in [0.1, 0.15) is 26.5 Å². The lowest BCUT2D eigenvalue weighted by Crippen LogP contribution is -2.39. The van der Waals surface area contributed by atoms with E-state index >= 15 is 0 Å². The van der Waals surface area contributed by atoms with Crippen LogP contribution in [0, 0.1) is 5.92 Å². The summed E-state index contributed by atoms with van der Waals surface area (Å²) in [5.41, 5.74) is 0.959. The molecule has 0 aliphatic carbocycles. The third-order valence-electron chi connectivity index (χ3n) is 2.46. The molecule has 5 nitrogen and oxygen atoms in total. The summed E-state index contributed by atoms with van der Waals surface area (Å²) < 4.78 is 5.53. The van der Waals surface area contributed by atoms with Gasteiger partial charge < -0.3 is 15.4 Å². The van der Waals surface area contributed by atoms with Gasteiger partial charge in [0.15, 0.2) is 5.96 Å². The van der Waals surface area contributed by atoms with E-state index in [9.17, 15) is 0 Å². The van der Waals surface area contributed by atoms with Crippen molar-refractivity contribution in [3.63, 3.8) is 0 Å². The number of nitrogens with one attached hydrogen (secondary N) is 2. The molecule has 120 valence electrons. The second kappa shape index (κ2) is 12.8. The van der Waals surface area contributed by atoms with E-state index in [0.717, 1.165) is 31.3 Å². The first kappa shape index (κ1) is 20.1. The van der Waals surface area contributed by atoms with E-state index in [0.29, 0.717) is 19.1 Å². The van der Waals surface area contributed by atoms with Crippen LogP contribution in [0.3, 0.4) is 0 Å². The lowest BCUT2D eigenvalue weighted by atomic mass is 10.2. The van der Waals surface area contributed by atoms with E-state index in [-0.39, 0.29) is 24.0 Å². The molecule has 0 atom stereocenters. The van der Waals surface area contributed by atoms with Crippen LogP contribution in [0.2, 0.25) is 0 Å². The molecule has 6 heteroatoms. The second-order valence-electron chi connectivity index (χ2n) is 4.91. The minimum absolute atomic E-state index is 0. The molecule has 0 unspecified atom stereocenters. The second-order valence-corrected chi connectivity index (χ2v) is 4.91. The summed E-state index contributed by atoms with van der Waals surface area (Å²) in [7, 11) is 0. The molecule has 0 aromatic carbocycles. The molecular formula is C15H27IN4O. The maximum absolute atomic E-state index is 5.53. The van der Waals surface area contributed by atoms with Gasteiger partial charge in [0.2, 0.25) is 0 Å². The Hall–Kier alpha value is -0.890. The number of pyridine rings is 1. The van der Waals surface area contributed by atoms with Gasteiger partial charge in [-0.2, -0.15) is 0 Å². The van der Waals surface area contributed by atoms with Gasteiger partial charge in [-0.3, -0.25) is 4.98 Å². The lowest BCUT2D eigenvalue weighted by molar-refractivity contribution is 0.114. The van der Waals surface area contributed by atoms with Crippen LogP contribution in [0.5, 0.6) is 0 Å². The summed E-state index contributed by atoms with van der Waals surface area (Å²) >= 11 is 0. The summed E-state index contributed by atoms with van der Waals surface area (Å²) in [4.78, 5) is 8.75. The summed E-state index contributed by atoms with van der Waals surface area (Å²) in [6, 6.07) is 5.85. The fraction of sp³-hybridized carbons (Fsp3) is 0.600. The van der Waals surface area contributed by atoms with E-state index in [1.807, 2.05) is 25.1 Å². The largest absolute Gasteiger partial charge is 0.379 e. The molecule has 0 aliphatic rings. The van der Waals surface area contributed by atoms with Gasteiger partial charge in [0.1, 0.15) is 0 Å². The zero-order valence-corrected chi connectivity index (χ0v) is 15.5. The smallest absolute Gasteiger partial charge is 0.191 e. The van der Waals surface area contributed by atoms with Crippen molar-refractivity contribution < 1.29 is 4.74 Å². The lowest BCUT2D eigenvalue weighted by Gasteiger charge is -2.12. The van der Waals surface area contributed by atoms with Crippen LogP contribution >= 0.6 is 24.0 Å². The number of rotatable bonds is 8. The van der Waals surface area contributed by atoms with Gasteiger partial charge in [0.25, 0.3) is 0 Å². The zero-order valence-electron chi connectivity index (χ0n) is 13.1. The average molecular weight is 406 g/mol. The Balaban J connectivity index is 0.00000400. The first-order valence-electron chi connectivity index (χ1n) is 7.22. The standard InChI is InChI=1S/C15H26N4O.HI/c1-4-16-15(18-9-10-20-12-13(2)3)19-11-14-7-5-6-8-17-14;/h5-8,13H,4,9-12H2,1-3H3,(H2,16,18,19);1H. The molecule has 1 rings (SSSR count). The van der Waals surface area contributed by atoms with Crippen molar-refractivity contribution in [2.45, 2.75) is 27.3 Å². The van der Waals surface area contributed by atoms with Gasteiger partial charge in [-0.15, -0.1) is 24.0 Å². The number of hydrogen-bond acceptors (Lipinski definition) is 3. The molecule has 0 saturated heterocycles. The Labute approximate surface area is 145 Å². The molecule has 0 fully saturated rings. The summed E-state index contributed by atoms with van der Waals surface area (Å²) in [5, 5.41) is 6.46. The molecule has 0 bridgehead atoms. The SMILES string of the molecule is CCNC(=NCc1ccccn1)NCCOCC(C)C.I. The number of aliphatic imine (C=N–C) groups is 1. The van der Waals surface area contributed by atoms with Gasteiger partial charge in [-0.1, -0.05) is 19.9 Å². The third-order valence-corrected chi connectivity index (χ3v) is 2.46. The fourth-order valence-corrected chi connectivity index (χ4v) is 1.55. The first-order valence-corrected chi connectivity index (χ1v) is 7.22. The Morgan fingerprint density at radius 1 is 1.33 bits per heavy atom. The molecule has 0 amide bonds. The first-order chi connectivity index (χ1) is 9.72. The Kier molecular flexibility index (Phi) is 12.3. The van der Waals surface area contributed by atoms with Gasteiger partial charge in [0, 0.05) is 25.9 Å². The quantitative estimate of drug-likeness (QED) is 0.301. The number of halogens is 1. The maximum Gasteiger partial charge on any atom is 0.191 e. The molecule has 1 aromatic heterocycles. The van der Waals surface area contributed by atoms with Crippen molar-refractivity contribution in [2.24, 2.45) is 10.9 Å². The fourth-order valence-electron chi connectivity index (χ4n) is 1.55. The minimum atomic E-state index is 0. The number of guanidine groups is 1. The van der Waals surface area contributed by atoms with Crippen molar-refractivity contribution >= 4 is 29.9 Å². The molecule has 1 heterocycles. The van der Waals surface area contributed by atoms with Crippen LogP contribution in [-0.2, 0) is 11.3 Å². The zero-order chi connectivity index (χ0) is 14.6. The van der Waals surface area contributed by atoms with E-state index < -0.39 is 0 Å². The molecule has 2 N–H and O–H groups in total. The van der Waals surface area contributed by atoms with Gasteiger partial charge in [-0.05, 0) is 25.0 Å². The highest BCUT2D eigenvalue weighted by Crippen LogP contribution is 1.95. The van der Waals surface area contributed by atoms with Crippen molar-refractivity contribution in [1.82, 2.24) is 15.6 Å². The van der Waals surface area contributed by atoms with Crippen molar-refractivity contribution in [3.05, 3.63) is 30.1 Å². The van der Waals surface area contributed by atoms with Gasteiger partial charge >= 0.3 is 0 Å². The summed E-state index contributed by atoms with van der Waals surface area (Å²) in [6.07, 6.45) is 1.78. The average Bonchev–Trinajstić information content (AvgIpc) is 2.45. The predicted octanol–water partition coefficient (Wildman–Crippen LogP) is 2.43. The minimum Gasteiger partial charge on any atom is -0.379 e. The Bertz CT molecular complexity index is 385. The Morgan fingerprint density at radius 3 is 2.76 bits per heavy atom. The highest BCUT2D eigenvalue weighted by molar-refractivity contribution is 14.0. The molecule has 0 saturated carbocycles. The van der Waals surface area contributed by atoms with Crippen LogP contribution in [0.15, 0.2) is 29.4 Å². The number of hydrogen-bond donors (Lipinski definition) is 2. The summed E-state index contributed by atoms with van der Waals surface area (Å²) in [5.74, 6) is 1.37. The van der Waals surface area contributed by atoms with Crippen LogP contribution in [0.4, 0.5) is 0 Å². The van der Waals surface area contributed by atoms with Crippen molar-refractivity contribution in [3.8, 4) is 0 Å². The van der Waals surface area contributed by atoms with Crippen LogP contribution in [-0.4, -0.2) is 37.2 Å². The predicted molar refractivity (Wildman–Crippen MR) is 98.1 cm³/mol. The molecule has 1 aromatic rings. The maximum atomic E-state index is 5.53.